The predicted octanol–water partition coefficient (Wildman–Crippen LogP) is 3.56. The van der Waals surface area contributed by atoms with Gasteiger partial charge in [-0.15, -0.1) is 0 Å². The second-order valence-corrected chi connectivity index (χ2v) is 7.89. The maximum absolute atomic E-state index is 11.9. The van der Waals surface area contributed by atoms with Crippen LogP contribution in [-0.4, -0.2) is 66.4 Å². The van der Waals surface area contributed by atoms with Gasteiger partial charge in [0.2, 0.25) is 0 Å². The number of rotatable bonds is 16. The molecule has 0 rings (SSSR count). The van der Waals surface area contributed by atoms with Crippen LogP contribution in [0.3, 0.4) is 0 Å². The molecule has 0 bridgehead atoms. The van der Waals surface area contributed by atoms with Crippen LogP contribution in [0, 0.1) is 0 Å². The van der Waals surface area contributed by atoms with Gasteiger partial charge in [-0.3, -0.25) is 14.4 Å². The van der Waals surface area contributed by atoms with E-state index in [0.29, 0.717) is 23.9 Å². The molecule has 0 spiro atoms. The third-order valence-corrected chi connectivity index (χ3v) is 3.77. The molecule has 0 saturated heterocycles. The fourth-order valence-corrected chi connectivity index (χ4v) is 2.54. The molecule has 0 aromatic rings. The van der Waals surface area contributed by atoms with Crippen LogP contribution in [0.4, 0.5) is 0 Å². The average Bonchev–Trinajstić information content (AvgIpc) is 2.56. The Balaban J connectivity index is 3.93. The van der Waals surface area contributed by atoms with Gasteiger partial charge in [-0.2, -0.15) is 0 Å². The number of carboxylic acids is 2. The fourth-order valence-electron chi connectivity index (χ4n) is 2.54. The highest BCUT2D eigenvalue weighted by Crippen LogP contribution is 2.08. The van der Waals surface area contributed by atoms with Crippen molar-refractivity contribution < 1.29 is 33.8 Å². The summed E-state index contributed by atoms with van der Waals surface area (Å²) in [5.41, 5.74) is 0. The Morgan fingerprint density at radius 1 is 0.828 bits per heavy atom. The zero-order chi connectivity index (χ0) is 22.1. The number of carbonyl (C=O) groups excluding carboxylic acids is 1. The minimum absolute atomic E-state index is 0.159. The van der Waals surface area contributed by atoms with Crippen molar-refractivity contribution in [2.75, 3.05) is 27.7 Å². The van der Waals surface area contributed by atoms with Gasteiger partial charge in [-0.25, -0.2) is 0 Å². The highest BCUT2D eigenvalue weighted by atomic mass is 16.5. The Labute approximate surface area is 173 Å². The van der Waals surface area contributed by atoms with Gasteiger partial charge in [-0.05, 0) is 32.1 Å². The van der Waals surface area contributed by atoms with E-state index < -0.39 is 18.0 Å². The van der Waals surface area contributed by atoms with Crippen LogP contribution >= 0.6 is 0 Å². The highest BCUT2D eigenvalue weighted by molar-refractivity contribution is 5.71. The topological polar surface area (TPSA) is 101 Å². The summed E-state index contributed by atoms with van der Waals surface area (Å²) in [5.74, 6) is -2.11. The lowest BCUT2D eigenvalue weighted by molar-refractivity contribution is -0.873. The molecule has 1 atom stereocenters. The van der Waals surface area contributed by atoms with Crippen molar-refractivity contribution in [2.45, 2.75) is 57.5 Å². The monoisotopic (exact) mass is 410 g/mol. The lowest BCUT2D eigenvalue weighted by Crippen LogP contribution is -2.43. The maximum atomic E-state index is 11.9. The molecular weight excluding hydrogens is 374 g/mol. The number of likely N-dealkylation sites (N-methyl/N-ethyl adjacent to an activating group) is 1. The third kappa shape index (κ3) is 20.1. The molecule has 7 nitrogen and oxygen atoms in total. The first-order valence-corrected chi connectivity index (χ1v) is 9.98. The van der Waals surface area contributed by atoms with Gasteiger partial charge < -0.3 is 19.4 Å². The Morgan fingerprint density at radius 3 is 1.90 bits per heavy atom. The number of carboxylic acid groups (broad SMARTS) is 2. The Morgan fingerprint density at radius 2 is 1.38 bits per heavy atom. The van der Waals surface area contributed by atoms with Crippen LogP contribution in [0.25, 0.3) is 0 Å². The number of aliphatic carboxylic acids is 2. The summed E-state index contributed by atoms with van der Waals surface area (Å²) in [6.45, 7) is 0.457. The van der Waals surface area contributed by atoms with Crippen molar-refractivity contribution in [2.24, 2.45) is 0 Å². The quantitative estimate of drug-likeness (QED) is 0.175. The van der Waals surface area contributed by atoms with Gasteiger partial charge in [0.15, 0.2) is 6.10 Å². The average molecular weight is 411 g/mol. The molecule has 0 aliphatic rings. The molecule has 7 heteroatoms. The molecule has 0 aliphatic heterocycles. The van der Waals surface area contributed by atoms with E-state index in [1.54, 1.807) is 0 Å². The summed E-state index contributed by atoms with van der Waals surface area (Å²) < 4.78 is 5.87. The Hall–Kier alpha value is -2.41. The number of quaternary nitrogens is 1. The van der Waals surface area contributed by atoms with E-state index in [9.17, 15) is 14.4 Å². The molecule has 0 aliphatic carbocycles. The van der Waals surface area contributed by atoms with E-state index in [1.165, 1.54) is 0 Å². The molecule has 29 heavy (non-hydrogen) atoms. The van der Waals surface area contributed by atoms with E-state index in [0.717, 1.165) is 19.3 Å². The molecule has 0 aromatic carbocycles. The van der Waals surface area contributed by atoms with Crippen LogP contribution in [-0.2, 0) is 19.1 Å². The smallest absolute Gasteiger partial charge is 0.307 e. The molecule has 0 saturated carbocycles. The van der Waals surface area contributed by atoms with Gasteiger partial charge >= 0.3 is 17.9 Å². The first kappa shape index (κ1) is 26.6. The number of ether oxygens (including phenoxy) is 1. The largest absolute Gasteiger partial charge is 0.481 e. The van der Waals surface area contributed by atoms with Gasteiger partial charge in [-0.1, -0.05) is 36.5 Å². The van der Waals surface area contributed by atoms with Crippen molar-refractivity contribution in [1.29, 1.82) is 0 Å². The normalized spacial score (nSPS) is 13.3. The summed E-state index contributed by atoms with van der Waals surface area (Å²) in [5, 5.41) is 17.5. The highest BCUT2D eigenvalue weighted by Gasteiger charge is 2.24. The first-order chi connectivity index (χ1) is 13.6. The first-order valence-electron chi connectivity index (χ1n) is 9.98. The number of esters is 1. The van der Waals surface area contributed by atoms with Crippen LogP contribution in [0.2, 0.25) is 0 Å². The van der Waals surface area contributed by atoms with Gasteiger partial charge in [0.1, 0.15) is 6.54 Å². The van der Waals surface area contributed by atoms with E-state index in [4.69, 9.17) is 14.9 Å². The Kier molecular flexibility index (Phi) is 14.2. The van der Waals surface area contributed by atoms with E-state index in [2.05, 4.69) is 0 Å². The van der Waals surface area contributed by atoms with Crippen molar-refractivity contribution >= 4 is 17.9 Å². The summed E-state index contributed by atoms with van der Waals surface area (Å²) in [7, 11) is 5.78. The SMILES string of the molecule is C[N+](C)(C)CC(CC(=O)O)OC(=O)CCC/C=C/C/C=C/C/C=C/CCC(=O)O. The molecule has 0 amide bonds. The molecule has 0 aromatic heterocycles. The molecule has 0 heterocycles. The molecule has 1 unspecified atom stereocenters. The van der Waals surface area contributed by atoms with E-state index >= 15 is 0 Å². The zero-order valence-electron chi connectivity index (χ0n) is 17.9. The number of unbranched alkanes of at least 4 members (excludes halogenated alkanes) is 1. The van der Waals surface area contributed by atoms with Crippen molar-refractivity contribution in [3.8, 4) is 0 Å². The number of nitrogens with zero attached hydrogens (tertiary/aromatic N) is 1. The summed E-state index contributed by atoms with van der Waals surface area (Å²) in [4.78, 5) is 33.2. The maximum Gasteiger partial charge on any atom is 0.307 e. The summed E-state index contributed by atoms with van der Waals surface area (Å²) in [6.07, 6.45) is 15.1. The van der Waals surface area contributed by atoms with Gasteiger partial charge in [0.05, 0.1) is 27.6 Å². The number of hydrogen-bond acceptors (Lipinski definition) is 4. The second kappa shape index (κ2) is 15.5. The molecule has 0 radical (unpaired) electrons. The lowest BCUT2D eigenvalue weighted by atomic mass is 10.2. The molecule has 164 valence electrons. The molecule has 0 fully saturated rings. The third-order valence-electron chi connectivity index (χ3n) is 3.77. The second-order valence-electron chi connectivity index (χ2n) is 7.89. The summed E-state index contributed by atoms with van der Waals surface area (Å²) in [6, 6.07) is 0. The predicted molar refractivity (Wildman–Crippen MR) is 112 cm³/mol. The number of carbonyl (C=O) groups is 3. The molecule has 2 N–H and O–H groups in total. The van der Waals surface area contributed by atoms with Crippen LogP contribution < -0.4 is 0 Å². The molecular formula is C22H36NO6+. The van der Waals surface area contributed by atoms with Crippen molar-refractivity contribution in [3.05, 3.63) is 36.5 Å². The fraction of sp³-hybridized carbons (Fsp3) is 0.591. The van der Waals surface area contributed by atoms with E-state index in [-0.39, 0.29) is 25.2 Å². The van der Waals surface area contributed by atoms with E-state index in [1.807, 2.05) is 57.6 Å². The van der Waals surface area contributed by atoms with Crippen LogP contribution in [0.5, 0.6) is 0 Å². The Bertz CT molecular complexity index is 587. The van der Waals surface area contributed by atoms with Crippen LogP contribution in [0.1, 0.15) is 51.4 Å². The number of hydrogen-bond donors (Lipinski definition) is 2. The van der Waals surface area contributed by atoms with Crippen molar-refractivity contribution in [1.82, 2.24) is 0 Å². The van der Waals surface area contributed by atoms with Crippen molar-refractivity contribution in [3.63, 3.8) is 0 Å². The van der Waals surface area contributed by atoms with Gasteiger partial charge in [0, 0.05) is 12.8 Å². The lowest BCUT2D eigenvalue weighted by Gasteiger charge is -2.28. The van der Waals surface area contributed by atoms with Crippen LogP contribution in [0.15, 0.2) is 36.5 Å². The minimum Gasteiger partial charge on any atom is -0.481 e. The summed E-state index contributed by atoms with van der Waals surface area (Å²) >= 11 is 0. The number of allylic oxidation sites excluding steroid dienone is 6. The minimum atomic E-state index is -0.969. The van der Waals surface area contributed by atoms with Gasteiger partial charge in [0.25, 0.3) is 0 Å². The zero-order valence-corrected chi connectivity index (χ0v) is 17.9. The standard InChI is InChI=1S/C22H35NO6/c1-23(2,3)18-19(17-21(26)27)29-22(28)16-14-12-10-8-6-4-5-7-9-11-13-15-20(24)25/h4-5,8-11,19H,6-7,12-18H2,1-3H3,(H-,24,25,26,27)/p+1/b5-4+,10-8+,11-9+.